The van der Waals surface area contributed by atoms with Crippen molar-refractivity contribution in [2.75, 3.05) is 12.8 Å². The van der Waals surface area contributed by atoms with Crippen LogP contribution in [0, 0.1) is 0 Å². The third kappa shape index (κ3) is 4.12. The normalized spacial score (nSPS) is 24.8. The van der Waals surface area contributed by atoms with E-state index in [1.165, 1.54) is 13.2 Å². The smallest absolute Gasteiger partial charge is 0.255 e. The minimum absolute atomic E-state index is 0.0203. The largest absolute Gasteiger partial charge is 0.496 e. The van der Waals surface area contributed by atoms with Crippen LogP contribution in [0.15, 0.2) is 42.5 Å². The summed E-state index contributed by atoms with van der Waals surface area (Å²) >= 11 is 6.11. The first-order chi connectivity index (χ1) is 14.5. The Hall–Kier alpha value is -2.31. The van der Waals surface area contributed by atoms with Crippen molar-refractivity contribution in [2.24, 2.45) is 0 Å². The van der Waals surface area contributed by atoms with Gasteiger partial charge in [-0.05, 0) is 31.7 Å². The SMILES string of the molecule is COc1cc(N)c(Cl)cc1C(=O)NC1CC2CCCC(C1)N2C(F)c1ccccc1. The van der Waals surface area contributed by atoms with E-state index in [0.29, 0.717) is 27.6 Å². The van der Waals surface area contributed by atoms with E-state index in [1.54, 1.807) is 6.07 Å². The number of piperidine rings is 2. The van der Waals surface area contributed by atoms with E-state index in [1.807, 2.05) is 35.2 Å². The van der Waals surface area contributed by atoms with Gasteiger partial charge >= 0.3 is 0 Å². The Labute approximate surface area is 181 Å². The zero-order chi connectivity index (χ0) is 21.3. The van der Waals surface area contributed by atoms with Crippen LogP contribution in [0.25, 0.3) is 0 Å². The summed E-state index contributed by atoms with van der Waals surface area (Å²) in [5.74, 6) is 0.144. The van der Waals surface area contributed by atoms with Crippen LogP contribution >= 0.6 is 11.6 Å². The van der Waals surface area contributed by atoms with Crippen molar-refractivity contribution in [1.29, 1.82) is 0 Å². The molecule has 160 valence electrons. The number of nitrogens with one attached hydrogen (secondary N) is 1. The Bertz CT molecular complexity index is 897. The number of ether oxygens (including phenoxy) is 1. The molecule has 0 aliphatic carbocycles. The Balaban J connectivity index is 1.49. The maximum Gasteiger partial charge on any atom is 0.255 e. The molecule has 7 heteroatoms. The van der Waals surface area contributed by atoms with Gasteiger partial charge in [-0.25, -0.2) is 4.39 Å². The molecule has 2 fully saturated rings. The summed E-state index contributed by atoms with van der Waals surface area (Å²) in [7, 11) is 1.49. The minimum Gasteiger partial charge on any atom is -0.496 e. The first kappa shape index (κ1) is 20.9. The summed E-state index contributed by atoms with van der Waals surface area (Å²) < 4.78 is 20.7. The van der Waals surface area contributed by atoms with Crippen LogP contribution in [0.4, 0.5) is 10.1 Å². The van der Waals surface area contributed by atoms with Gasteiger partial charge in [0.05, 0.1) is 23.4 Å². The number of halogens is 2. The number of rotatable bonds is 5. The Morgan fingerprint density at radius 2 is 1.90 bits per heavy atom. The number of anilines is 1. The maximum absolute atomic E-state index is 15.4. The van der Waals surface area contributed by atoms with E-state index < -0.39 is 6.30 Å². The number of carbonyl (C=O) groups is 1. The molecule has 2 aliphatic rings. The fourth-order valence-electron chi connectivity index (χ4n) is 4.87. The van der Waals surface area contributed by atoms with E-state index >= 15 is 4.39 Å². The molecule has 0 aromatic heterocycles. The Morgan fingerprint density at radius 1 is 1.23 bits per heavy atom. The second kappa shape index (κ2) is 8.82. The number of nitrogens with two attached hydrogens (primary N) is 1. The molecule has 0 saturated carbocycles. The fourth-order valence-corrected chi connectivity index (χ4v) is 5.03. The zero-order valence-electron chi connectivity index (χ0n) is 17.0. The number of alkyl halides is 1. The molecule has 0 spiro atoms. The highest BCUT2D eigenvalue weighted by Gasteiger charge is 2.42. The van der Waals surface area contributed by atoms with Gasteiger partial charge in [0.15, 0.2) is 6.30 Å². The molecule has 2 aliphatic heterocycles. The number of nitrogens with zero attached hydrogens (tertiary/aromatic N) is 1. The fraction of sp³-hybridized carbons (Fsp3) is 0.435. The van der Waals surface area contributed by atoms with Crippen molar-refractivity contribution >= 4 is 23.2 Å². The zero-order valence-corrected chi connectivity index (χ0v) is 17.7. The first-order valence-electron chi connectivity index (χ1n) is 10.4. The highest BCUT2D eigenvalue weighted by atomic mass is 35.5. The summed E-state index contributed by atoms with van der Waals surface area (Å²) in [6.45, 7) is 0. The van der Waals surface area contributed by atoms with Crippen LogP contribution in [0.1, 0.15) is 54.3 Å². The molecule has 30 heavy (non-hydrogen) atoms. The molecule has 0 radical (unpaired) electrons. The van der Waals surface area contributed by atoms with Gasteiger partial charge in [0.1, 0.15) is 5.75 Å². The van der Waals surface area contributed by atoms with Crippen LogP contribution in [0.3, 0.4) is 0 Å². The van der Waals surface area contributed by atoms with Gasteiger partial charge in [-0.15, -0.1) is 0 Å². The molecule has 4 rings (SSSR count). The summed E-state index contributed by atoms with van der Waals surface area (Å²) in [6, 6.07) is 12.6. The van der Waals surface area contributed by atoms with Crippen LogP contribution in [0.5, 0.6) is 5.75 Å². The minimum atomic E-state index is -1.12. The second-order valence-corrected chi connectivity index (χ2v) is 8.56. The lowest BCUT2D eigenvalue weighted by atomic mass is 9.81. The number of nitrogen functional groups attached to an aromatic ring is 1. The van der Waals surface area contributed by atoms with Gasteiger partial charge < -0.3 is 15.8 Å². The van der Waals surface area contributed by atoms with Crippen LogP contribution in [-0.2, 0) is 0 Å². The highest BCUT2D eigenvalue weighted by Crippen LogP contribution is 2.41. The van der Waals surface area contributed by atoms with E-state index in [2.05, 4.69) is 5.32 Å². The number of hydrogen-bond donors (Lipinski definition) is 2. The van der Waals surface area contributed by atoms with Crippen molar-refractivity contribution in [2.45, 2.75) is 56.5 Å². The highest BCUT2D eigenvalue weighted by molar-refractivity contribution is 6.33. The van der Waals surface area contributed by atoms with Crippen LogP contribution in [-0.4, -0.2) is 36.0 Å². The lowest BCUT2D eigenvalue weighted by Crippen LogP contribution is -2.57. The van der Waals surface area contributed by atoms with Gasteiger partial charge in [0, 0.05) is 29.8 Å². The molecule has 2 saturated heterocycles. The second-order valence-electron chi connectivity index (χ2n) is 8.15. The average Bonchev–Trinajstić information content (AvgIpc) is 2.74. The number of benzene rings is 2. The van der Waals surface area contributed by atoms with Crippen LogP contribution in [0.2, 0.25) is 5.02 Å². The van der Waals surface area contributed by atoms with E-state index in [9.17, 15) is 4.79 Å². The molecule has 3 atom stereocenters. The van der Waals surface area contributed by atoms with Crippen LogP contribution < -0.4 is 15.8 Å². The summed E-state index contributed by atoms with van der Waals surface area (Å²) in [5, 5.41) is 3.43. The van der Waals surface area contributed by atoms with Crippen molar-refractivity contribution in [3.05, 3.63) is 58.6 Å². The molecular formula is C23H27ClFN3O2. The molecule has 5 nitrogen and oxygen atoms in total. The van der Waals surface area contributed by atoms with Crippen molar-refractivity contribution in [1.82, 2.24) is 10.2 Å². The average molecular weight is 432 g/mol. The molecule has 3 unspecified atom stereocenters. The summed E-state index contributed by atoms with van der Waals surface area (Å²) in [5.41, 5.74) is 7.23. The topological polar surface area (TPSA) is 67.6 Å². The molecule has 1 amide bonds. The van der Waals surface area contributed by atoms with Gasteiger partial charge in [-0.1, -0.05) is 48.4 Å². The molecule has 2 aromatic rings. The van der Waals surface area contributed by atoms with E-state index in [0.717, 1.165) is 32.1 Å². The predicted octanol–water partition coefficient (Wildman–Crippen LogP) is 4.71. The van der Waals surface area contributed by atoms with Gasteiger partial charge in [0.2, 0.25) is 0 Å². The van der Waals surface area contributed by atoms with Gasteiger partial charge in [-0.2, -0.15) is 0 Å². The predicted molar refractivity (Wildman–Crippen MR) is 116 cm³/mol. The Kier molecular flexibility index (Phi) is 6.16. The number of hydrogen-bond acceptors (Lipinski definition) is 4. The van der Waals surface area contributed by atoms with Gasteiger partial charge in [-0.3, -0.25) is 9.69 Å². The van der Waals surface area contributed by atoms with E-state index in [-0.39, 0.29) is 24.0 Å². The quantitative estimate of drug-likeness (QED) is 0.531. The standard InChI is InChI=1S/C23H27ClFN3O2/c1-30-21-13-20(26)19(24)12-18(21)23(29)27-15-10-16-8-5-9-17(11-15)28(16)22(25)14-6-3-2-4-7-14/h2-4,6-7,12-13,15-17,22H,5,8-11,26H2,1H3,(H,27,29). The number of amides is 1. The lowest BCUT2D eigenvalue weighted by molar-refractivity contribution is -0.0601. The monoisotopic (exact) mass is 431 g/mol. The third-order valence-electron chi connectivity index (χ3n) is 6.27. The molecule has 2 aromatic carbocycles. The summed E-state index contributed by atoms with van der Waals surface area (Å²) in [4.78, 5) is 15.0. The number of carbonyl (C=O) groups excluding carboxylic acids is 1. The van der Waals surface area contributed by atoms with Crippen molar-refractivity contribution < 1.29 is 13.9 Å². The van der Waals surface area contributed by atoms with Crippen molar-refractivity contribution in [3.63, 3.8) is 0 Å². The number of methoxy groups -OCH3 is 1. The summed E-state index contributed by atoms with van der Waals surface area (Å²) in [6.07, 6.45) is 3.30. The first-order valence-corrected chi connectivity index (χ1v) is 10.8. The van der Waals surface area contributed by atoms with Gasteiger partial charge in [0.25, 0.3) is 5.91 Å². The molecule has 2 heterocycles. The third-order valence-corrected chi connectivity index (χ3v) is 6.59. The Morgan fingerprint density at radius 3 is 2.53 bits per heavy atom. The molecule has 2 bridgehead atoms. The van der Waals surface area contributed by atoms with E-state index in [4.69, 9.17) is 22.1 Å². The number of fused-ring (bicyclic) bond motifs is 2. The molecular weight excluding hydrogens is 405 g/mol. The lowest BCUT2D eigenvalue weighted by Gasteiger charge is -2.50. The maximum atomic E-state index is 15.4. The molecule has 3 N–H and O–H groups in total. The van der Waals surface area contributed by atoms with Crippen molar-refractivity contribution in [3.8, 4) is 5.75 Å².